The molecule has 6 nitrogen and oxygen atoms in total. The first-order chi connectivity index (χ1) is 12.6. The van der Waals surface area contributed by atoms with Crippen molar-refractivity contribution in [3.8, 4) is 5.88 Å². The highest BCUT2D eigenvalue weighted by Gasteiger charge is 2.03. The molecule has 2 aromatic rings. The van der Waals surface area contributed by atoms with Crippen LogP contribution in [0.2, 0.25) is 0 Å². The lowest BCUT2D eigenvalue weighted by Crippen LogP contribution is -2.36. The van der Waals surface area contributed by atoms with Gasteiger partial charge in [0.1, 0.15) is 6.61 Å². The SMILES string of the molecule is CN=C(NCc1ccc(OCCOC)nc1)NCc1ccc(C)cc1C.I. The smallest absolute Gasteiger partial charge is 0.213 e. The fourth-order valence-electron chi connectivity index (χ4n) is 2.46. The zero-order chi connectivity index (χ0) is 18.8. The number of halogens is 1. The van der Waals surface area contributed by atoms with Crippen molar-refractivity contribution in [1.29, 1.82) is 0 Å². The molecule has 2 rings (SSSR count). The van der Waals surface area contributed by atoms with Crippen LogP contribution in [0.3, 0.4) is 0 Å². The molecular formula is C20H29IN4O2. The predicted molar refractivity (Wildman–Crippen MR) is 120 cm³/mol. The number of methoxy groups -OCH3 is 1. The van der Waals surface area contributed by atoms with Crippen LogP contribution in [0.4, 0.5) is 0 Å². The van der Waals surface area contributed by atoms with E-state index < -0.39 is 0 Å². The van der Waals surface area contributed by atoms with Crippen LogP contribution in [-0.4, -0.2) is 38.3 Å². The van der Waals surface area contributed by atoms with Gasteiger partial charge in [-0.15, -0.1) is 24.0 Å². The van der Waals surface area contributed by atoms with Gasteiger partial charge in [-0.05, 0) is 30.5 Å². The van der Waals surface area contributed by atoms with Crippen LogP contribution in [0, 0.1) is 13.8 Å². The summed E-state index contributed by atoms with van der Waals surface area (Å²) >= 11 is 0. The van der Waals surface area contributed by atoms with Gasteiger partial charge in [0, 0.05) is 39.5 Å². The van der Waals surface area contributed by atoms with Gasteiger partial charge in [0.15, 0.2) is 5.96 Å². The van der Waals surface area contributed by atoms with E-state index in [1.54, 1.807) is 20.4 Å². The molecule has 0 saturated carbocycles. The predicted octanol–water partition coefficient (Wildman–Crippen LogP) is 3.21. The van der Waals surface area contributed by atoms with Crippen LogP contribution >= 0.6 is 24.0 Å². The van der Waals surface area contributed by atoms with Gasteiger partial charge in [0.05, 0.1) is 6.61 Å². The van der Waals surface area contributed by atoms with E-state index in [4.69, 9.17) is 9.47 Å². The maximum atomic E-state index is 5.46. The number of hydrogen-bond donors (Lipinski definition) is 2. The number of nitrogens with one attached hydrogen (secondary N) is 2. The Kier molecular flexibility index (Phi) is 10.7. The summed E-state index contributed by atoms with van der Waals surface area (Å²) < 4.78 is 10.4. The molecule has 0 saturated heterocycles. The van der Waals surface area contributed by atoms with E-state index >= 15 is 0 Å². The lowest BCUT2D eigenvalue weighted by Gasteiger charge is -2.13. The maximum absolute atomic E-state index is 5.46. The first-order valence-electron chi connectivity index (χ1n) is 8.69. The number of benzene rings is 1. The van der Waals surface area contributed by atoms with Crippen molar-refractivity contribution in [1.82, 2.24) is 15.6 Å². The minimum Gasteiger partial charge on any atom is -0.475 e. The van der Waals surface area contributed by atoms with Gasteiger partial charge in [-0.2, -0.15) is 0 Å². The molecule has 0 bridgehead atoms. The molecule has 0 aliphatic rings. The second-order valence-corrected chi connectivity index (χ2v) is 6.06. The van der Waals surface area contributed by atoms with Gasteiger partial charge in [-0.1, -0.05) is 29.8 Å². The molecule has 0 radical (unpaired) electrons. The normalized spacial score (nSPS) is 10.9. The fourth-order valence-corrected chi connectivity index (χ4v) is 2.46. The fraction of sp³-hybridized carbons (Fsp3) is 0.400. The summed E-state index contributed by atoms with van der Waals surface area (Å²) in [7, 11) is 3.41. The highest BCUT2D eigenvalue weighted by molar-refractivity contribution is 14.0. The van der Waals surface area contributed by atoms with E-state index in [0.29, 0.717) is 25.6 Å². The lowest BCUT2D eigenvalue weighted by atomic mass is 10.1. The van der Waals surface area contributed by atoms with E-state index in [2.05, 4.69) is 52.7 Å². The highest BCUT2D eigenvalue weighted by atomic mass is 127. The Labute approximate surface area is 178 Å². The first kappa shape index (κ1) is 23.2. The van der Waals surface area contributed by atoms with Crippen LogP contribution in [0.15, 0.2) is 41.5 Å². The maximum Gasteiger partial charge on any atom is 0.213 e. The molecule has 0 aliphatic carbocycles. The van der Waals surface area contributed by atoms with Crippen molar-refractivity contribution in [2.45, 2.75) is 26.9 Å². The number of hydrogen-bond acceptors (Lipinski definition) is 4. The minimum atomic E-state index is 0. The average molecular weight is 484 g/mol. The van der Waals surface area contributed by atoms with Crippen LogP contribution < -0.4 is 15.4 Å². The molecule has 0 aliphatic heterocycles. The molecule has 0 spiro atoms. The van der Waals surface area contributed by atoms with Crippen molar-refractivity contribution in [2.75, 3.05) is 27.4 Å². The van der Waals surface area contributed by atoms with Crippen LogP contribution in [0.5, 0.6) is 5.88 Å². The quantitative estimate of drug-likeness (QED) is 0.261. The Bertz CT molecular complexity index is 720. The topological polar surface area (TPSA) is 67.8 Å². The average Bonchev–Trinajstić information content (AvgIpc) is 2.64. The van der Waals surface area contributed by atoms with Gasteiger partial charge in [0.25, 0.3) is 0 Å². The molecule has 2 N–H and O–H groups in total. The standard InChI is InChI=1S/C20H28N4O2.HI/c1-15-5-7-18(16(2)11-15)14-24-20(21-3)23-13-17-6-8-19(22-12-17)26-10-9-25-4;/h5-8,11-12H,9-10,13-14H2,1-4H3,(H2,21,23,24);1H. The van der Waals surface area contributed by atoms with Crippen LogP contribution in [0.1, 0.15) is 22.3 Å². The molecule has 1 aromatic carbocycles. The largest absolute Gasteiger partial charge is 0.475 e. The molecular weight excluding hydrogens is 455 g/mol. The summed E-state index contributed by atoms with van der Waals surface area (Å²) in [6.07, 6.45) is 1.80. The summed E-state index contributed by atoms with van der Waals surface area (Å²) in [4.78, 5) is 8.56. The van der Waals surface area contributed by atoms with Crippen molar-refractivity contribution in [2.24, 2.45) is 4.99 Å². The molecule has 1 aromatic heterocycles. The van der Waals surface area contributed by atoms with Gasteiger partial charge in [-0.25, -0.2) is 4.98 Å². The molecule has 27 heavy (non-hydrogen) atoms. The Balaban J connectivity index is 0.00000364. The molecule has 0 fully saturated rings. The monoisotopic (exact) mass is 484 g/mol. The molecule has 148 valence electrons. The second kappa shape index (κ2) is 12.5. The lowest BCUT2D eigenvalue weighted by molar-refractivity contribution is 0.143. The van der Waals surface area contributed by atoms with Gasteiger partial charge in [-0.3, -0.25) is 4.99 Å². The molecule has 0 amide bonds. The Hall–Kier alpha value is -1.87. The van der Waals surface area contributed by atoms with Crippen molar-refractivity contribution >= 4 is 29.9 Å². The third-order valence-electron chi connectivity index (χ3n) is 3.96. The van der Waals surface area contributed by atoms with E-state index in [0.717, 1.165) is 18.1 Å². The van der Waals surface area contributed by atoms with Crippen LogP contribution in [0.25, 0.3) is 0 Å². The third-order valence-corrected chi connectivity index (χ3v) is 3.96. The number of guanidine groups is 1. The van der Waals surface area contributed by atoms with Crippen molar-refractivity contribution in [3.63, 3.8) is 0 Å². The summed E-state index contributed by atoms with van der Waals surface area (Å²) in [5, 5.41) is 6.64. The van der Waals surface area contributed by atoms with Crippen molar-refractivity contribution in [3.05, 3.63) is 58.8 Å². The van der Waals surface area contributed by atoms with Gasteiger partial charge >= 0.3 is 0 Å². The van der Waals surface area contributed by atoms with Crippen LogP contribution in [-0.2, 0) is 17.8 Å². The van der Waals surface area contributed by atoms with E-state index in [1.807, 2.05) is 12.1 Å². The Morgan fingerprint density at radius 1 is 1.07 bits per heavy atom. The number of aryl methyl sites for hydroxylation is 2. The molecule has 7 heteroatoms. The van der Waals surface area contributed by atoms with E-state index in [1.165, 1.54) is 16.7 Å². The third kappa shape index (κ3) is 8.13. The summed E-state index contributed by atoms with van der Waals surface area (Å²) in [6, 6.07) is 10.3. The highest BCUT2D eigenvalue weighted by Crippen LogP contribution is 2.10. The van der Waals surface area contributed by atoms with Gasteiger partial charge < -0.3 is 20.1 Å². The minimum absolute atomic E-state index is 0. The number of pyridine rings is 1. The molecule has 0 unspecified atom stereocenters. The number of aromatic nitrogens is 1. The zero-order valence-corrected chi connectivity index (χ0v) is 18.7. The Morgan fingerprint density at radius 3 is 2.48 bits per heavy atom. The summed E-state index contributed by atoms with van der Waals surface area (Å²) in [5.41, 5.74) is 4.87. The molecule has 1 heterocycles. The Morgan fingerprint density at radius 2 is 1.85 bits per heavy atom. The molecule has 0 atom stereocenters. The first-order valence-corrected chi connectivity index (χ1v) is 8.69. The summed E-state index contributed by atoms with van der Waals surface area (Å²) in [6.45, 7) is 6.65. The van der Waals surface area contributed by atoms with Gasteiger partial charge in [0.2, 0.25) is 5.88 Å². The number of aliphatic imine (C=N–C) groups is 1. The summed E-state index contributed by atoms with van der Waals surface area (Å²) in [5.74, 6) is 1.36. The van der Waals surface area contributed by atoms with E-state index in [9.17, 15) is 0 Å². The van der Waals surface area contributed by atoms with Crippen molar-refractivity contribution < 1.29 is 9.47 Å². The van der Waals surface area contributed by atoms with E-state index in [-0.39, 0.29) is 24.0 Å². The number of nitrogens with zero attached hydrogens (tertiary/aromatic N) is 2. The number of rotatable bonds is 8. The second-order valence-electron chi connectivity index (χ2n) is 6.06. The number of ether oxygens (including phenoxy) is 2. The zero-order valence-electron chi connectivity index (χ0n) is 16.4.